The molecule has 0 aliphatic rings. The first-order valence-electron chi connectivity index (χ1n) is 4.63. The number of benzene rings is 1. The van der Waals surface area contributed by atoms with Gasteiger partial charge in [-0.05, 0) is 18.2 Å². The summed E-state index contributed by atoms with van der Waals surface area (Å²) in [5.74, 6) is -0.954. The summed E-state index contributed by atoms with van der Waals surface area (Å²) >= 11 is 3.16. The van der Waals surface area contributed by atoms with Crippen molar-refractivity contribution in [1.82, 2.24) is 10.2 Å². The van der Waals surface area contributed by atoms with E-state index < -0.39 is 11.7 Å². The van der Waals surface area contributed by atoms with Gasteiger partial charge in [-0.15, -0.1) is 5.10 Å². The minimum atomic E-state index is -0.646. The van der Waals surface area contributed by atoms with E-state index in [9.17, 15) is 9.18 Å². The maximum atomic E-state index is 13.4. The summed E-state index contributed by atoms with van der Waals surface area (Å²) in [6.45, 7) is 1.59. The molecular formula is C10H7BrFN3O2. The highest BCUT2D eigenvalue weighted by atomic mass is 79.9. The lowest BCUT2D eigenvalue weighted by Crippen LogP contribution is -2.14. The average Bonchev–Trinajstić information content (AvgIpc) is 2.67. The zero-order valence-corrected chi connectivity index (χ0v) is 10.3. The number of halogens is 2. The summed E-state index contributed by atoms with van der Waals surface area (Å²) in [6, 6.07) is 4.00. The molecule has 1 amide bonds. The molecule has 0 unspecified atom stereocenters. The van der Waals surface area contributed by atoms with E-state index in [1.54, 1.807) is 6.92 Å². The van der Waals surface area contributed by atoms with Crippen LogP contribution in [0.1, 0.15) is 16.2 Å². The van der Waals surface area contributed by atoms with Gasteiger partial charge in [0.05, 0.1) is 5.56 Å². The number of aryl methyl sites for hydroxylation is 1. The Kier molecular flexibility index (Phi) is 3.19. The van der Waals surface area contributed by atoms with Gasteiger partial charge in [-0.3, -0.25) is 10.1 Å². The second-order valence-electron chi connectivity index (χ2n) is 3.20. The van der Waals surface area contributed by atoms with Gasteiger partial charge >= 0.3 is 6.01 Å². The Labute approximate surface area is 104 Å². The molecule has 0 aliphatic heterocycles. The lowest BCUT2D eigenvalue weighted by Gasteiger charge is -2.02. The van der Waals surface area contributed by atoms with Crippen LogP contribution in [-0.4, -0.2) is 16.1 Å². The van der Waals surface area contributed by atoms with Crippen molar-refractivity contribution in [1.29, 1.82) is 0 Å². The molecule has 1 aromatic carbocycles. The molecule has 2 rings (SSSR count). The Morgan fingerprint density at radius 3 is 2.88 bits per heavy atom. The fourth-order valence-corrected chi connectivity index (χ4v) is 1.54. The lowest BCUT2D eigenvalue weighted by atomic mass is 10.2. The van der Waals surface area contributed by atoms with Crippen LogP contribution in [0.15, 0.2) is 27.1 Å². The lowest BCUT2D eigenvalue weighted by molar-refractivity contribution is 0.102. The molecule has 5 nitrogen and oxygen atoms in total. The number of anilines is 1. The number of hydrogen-bond acceptors (Lipinski definition) is 4. The summed E-state index contributed by atoms with van der Waals surface area (Å²) in [4.78, 5) is 11.7. The highest BCUT2D eigenvalue weighted by Gasteiger charge is 2.14. The number of carbonyl (C=O) groups excluding carboxylic acids is 1. The average molecular weight is 300 g/mol. The molecular weight excluding hydrogens is 293 g/mol. The standard InChI is InChI=1S/C10H7BrFN3O2/c1-5-14-15-10(17-5)13-9(16)7-4-6(11)2-3-8(7)12/h2-4H,1H3,(H,13,15,16). The minimum Gasteiger partial charge on any atom is -0.408 e. The van der Waals surface area contributed by atoms with E-state index in [1.807, 2.05) is 0 Å². The topological polar surface area (TPSA) is 68.0 Å². The van der Waals surface area contributed by atoms with Crippen molar-refractivity contribution in [2.45, 2.75) is 6.92 Å². The van der Waals surface area contributed by atoms with Crippen LogP contribution >= 0.6 is 15.9 Å². The molecule has 7 heteroatoms. The molecule has 1 heterocycles. The van der Waals surface area contributed by atoms with Gasteiger partial charge in [-0.1, -0.05) is 21.0 Å². The van der Waals surface area contributed by atoms with E-state index >= 15 is 0 Å². The van der Waals surface area contributed by atoms with Gasteiger partial charge in [-0.25, -0.2) is 4.39 Å². The number of aromatic nitrogens is 2. The van der Waals surface area contributed by atoms with Gasteiger partial charge in [0, 0.05) is 11.4 Å². The second-order valence-corrected chi connectivity index (χ2v) is 4.12. The normalized spacial score (nSPS) is 10.3. The Morgan fingerprint density at radius 2 is 2.24 bits per heavy atom. The summed E-state index contributed by atoms with van der Waals surface area (Å²) in [5.41, 5.74) is -0.102. The summed E-state index contributed by atoms with van der Waals surface area (Å²) in [6.07, 6.45) is 0. The second kappa shape index (κ2) is 4.62. The Bertz CT molecular complexity index is 570. The maximum absolute atomic E-state index is 13.4. The van der Waals surface area contributed by atoms with Crippen molar-refractivity contribution >= 4 is 27.9 Å². The van der Waals surface area contributed by atoms with E-state index in [0.29, 0.717) is 10.4 Å². The van der Waals surface area contributed by atoms with E-state index in [1.165, 1.54) is 18.2 Å². The number of nitrogens with zero attached hydrogens (tertiary/aromatic N) is 2. The van der Waals surface area contributed by atoms with E-state index in [0.717, 1.165) is 0 Å². The van der Waals surface area contributed by atoms with Crippen LogP contribution < -0.4 is 5.32 Å². The van der Waals surface area contributed by atoms with E-state index in [-0.39, 0.29) is 11.6 Å². The van der Waals surface area contributed by atoms with Gasteiger partial charge in [0.2, 0.25) is 5.89 Å². The number of amides is 1. The molecule has 0 fully saturated rings. The highest BCUT2D eigenvalue weighted by Crippen LogP contribution is 2.16. The van der Waals surface area contributed by atoms with Crippen LogP contribution in [0.3, 0.4) is 0 Å². The van der Waals surface area contributed by atoms with E-state index in [4.69, 9.17) is 4.42 Å². The molecule has 1 N–H and O–H groups in total. The fourth-order valence-electron chi connectivity index (χ4n) is 1.18. The predicted octanol–water partition coefficient (Wildman–Crippen LogP) is 2.53. The molecule has 0 bridgehead atoms. The van der Waals surface area contributed by atoms with Crippen LogP contribution in [-0.2, 0) is 0 Å². The Hall–Kier alpha value is -1.76. The quantitative estimate of drug-likeness (QED) is 0.925. The smallest absolute Gasteiger partial charge is 0.322 e. The largest absolute Gasteiger partial charge is 0.408 e. The van der Waals surface area contributed by atoms with E-state index in [2.05, 4.69) is 31.4 Å². The van der Waals surface area contributed by atoms with Crippen LogP contribution in [0.5, 0.6) is 0 Å². The minimum absolute atomic E-state index is 0.0631. The van der Waals surface area contributed by atoms with Crippen LogP contribution in [0.2, 0.25) is 0 Å². The van der Waals surface area contributed by atoms with Gasteiger partial charge in [0.25, 0.3) is 5.91 Å². The first kappa shape index (κ1) is 11.7. The number of nitrogens with one attached hydrogen (secondary N) is 1. The third-order valence-corrected chi connectivity index (χ3v) is 2.41. The van der Waals surface area contributed by atoms with Crippen molar-refractivity contribution in [3.63, 3.8) is 0 Å². The summed E-state index contributed by atoms with van der Waals surface area (Å²) < 4.78 is 18.9. The van der Waals surface area contributed by atoms with Gasteiger partial charge in [0.1, 0.15) is 5.82 Å². The van der Waals surface area contributed by atoms with Crippen molar-refractivity contribution in [2.24, 2.45) is 0 Å². The first-order chi connectivity index (χ1) is 8.06. The molecule has 0 aliphatic carbocycles. The zero-order chi connectivity index (χ0) is 12.4. The monoisotopic (exact) mass is 299 g/mol. The van der Waals surface area contributed by atoms with Crippen molar-refractivity contribution < 1.29 is 13.6 Å². The predicted molar refractivity (Wildman–Crippen MR) is 61.1 cm³/mol. The third-order valence-electron chi connectivity index (χ3n) is 1.92. The zero-order valence-electron chi connectivity index (χ0n) is 8.70. The third kappa shape index (κ3) is 2.68. The van der Waals surface area contributed by atoms with Crippen LogP contribution in [0.25, 0.3) is 0 Å². The molecule has 0 spiro atoms. The van der Waals surface area contributed by atoms with Crippen molar-refractivity contribution in [2.75, 3.05) is 5.32 Å². The molecule has 17 heavy (non-hydrogen) atoms. The molecule has 0 saturated carbocycles. The fraction of sp³-hybridized carbons (Fsp3) is 0.100. The van der Waals surface area contributed by atoms with Gasteiger partial charge in [-0.2, -0.15) is 0 Å². The maximum Gasteiger partial charge on any atom is 0.322 e. The molecule has 0 atom stereocenters. The van der Waals surface area contributed by atoms with Crippen molar-refractivity contribution in [3.8, 4) is 0 Å². The number of rotatable bonds is 2. The van der Waals surface area contributed by atoms with Crippen LogP contribution in [0.4, 0.5) is 10.4 Å². The molecule has 88 valence electrons. The SMILES string of the molecule is Cc1nnc(NC(=O)c2cc(Br)ccc2F)o1. The van der Waals surface area contributed by atoms with Crippen LogP contribution in [0, 0.1) is 12.7 Å². The molecule has 0 saturated heterocycles. The highest BCUT2D eigenvalue weighted by molar-refractivity contribution is 9.10. The molecule has 0 radical (unpaired) electrons. The number of hydrogen-bond donors (Lipinski definition) is 1. The number of carbonyl (C=O) groups is 1. The van der Waals surface area contributed by atoms with Crippen molar-refractivity contribution in [3.05, 3.63) is 39.9 Å². The van der Waals surface area contributed by atoms with Gasteiger partial charge in [0.15, 0.2) is 0 Å². The summed E-state index contributed by atoms with van der Waals surface area (Å²) in [5, 5.41) is 9.43. The Balaban J connectivity index is 2.22. The van der Waals surface area contributed by atoms with Gasteiger partial charge < -0.3 is 4.42 Å². The first-order valence-corrected chi connectivity index (χ1v) is 5.42. The Morgan fingerprint density at radius 1 is 1.47 bits per heavy atom. The summed E-state index contributed by atoms with van der Waals surface area (Å²) in [7, 11) is 0. The molecule has 1 aromatic heterocycles. The molecule has 2 aromatic rings.